The van der Waals surface area contributed by atoms with E-state index in [9.17, 15) is 4.79 Å². The Balaban J connectivity index is 2.02. The highest BCUT2D eigenvalue weighted by molar-refractivity contribution is 5.86. The molecule has 0 heterocycles. The van der Waals surface area contributed by atoms with Crippen LogP contribution in [0.15, 0.2) is 29.3 Å². The summed E-state index contributed by atoms with van der Waals surface area (Å²) in [5.41, 5.74) is 2.42. The number of aryl methyl sites for hydroxylation is 1. The lowest BCUT2D eigenvalue weighted by Gasteiger charge is -2.31. The van der Waals surface area contributed by atoms with Crippen molar-refractivity contribution in [3.05, 3.63) is 35.4 Å². The largest absolute Gasteiger partial charge is 0.353 e. The van der Waals surface area contributed by atoms with E-state index in [0.29, 0.717) is 18.5 Å². The van der Waals surface area contributed by atoms with Crippen LogP contribution < -0.4 is 10.6 Å². The molecule has 0 aliphatic heterocycles. The van der Waals surface area contributed by atoms with Gasteiger partial charge in [-0.25, -0.2) is 4.99 Å². The van der Waals surface area contributed by atoms with Crippen molar-refractivity contribution in [2.75, 3.05) is 20.6 Å². The van der Waals surface area contributed by atoms with E-state index in [2.05, 4.69) is 48.7 Å². The van der Waals surface area contributed by atoms with E-state index in [0.717, 1.165) is 12.4 Å². The van der Waals surface area contributed by atoms with E-state index < -0.39 is 0 Å². The summed E-state index contributed by atoms with van der Waals surface area (Å²) in [4.78, 5) is 18.2. The third kappa shape index (κ3) is 6.40. The van der Waals surface area contributed by atoms with Crippen LogP contribution in [0.5, 0.6) is 0 Å². The van der Waals surface area contributed by atoms with E-state index in [1.165, 1.54) is 30.4 Å². The van der Waals surface area contributed by atoms with Crippen LogP contribution >= 0.6 is 0 Å². The van der Waals surface area contributed by atoms with Crippen molar-refractivity contribution in [3.8, 4) is 0 Å². The first-order valence-corrected chi connectivity index (χ1v) is 9.26. The molecule has 1 aliphatic carbocycles. The van der Waals surface area contributed by atoms with Crippen LogP contribution in [0.2, 0.25) is 0 Å². The number of carbonyl (C=O) groups excluding carboxylic acids is 1. The maximum atomic E-state index is 11.9. The maximum absolute atomic E-state index is 11.9. The number of nitrogens with zero attached hydrogens (tertiary/aromatic N) is 2. The van der Waals surface area contributed by atoms with Crippen molar-refractivity contribution in [3.63, 3.8) is 0 Å². The number of aliphatic imine (C=N–C) groups is 1. The van der Waals surface area contributed by atoms with E-state index in [4.69, 9.17) is 4.99 Å². The molecular formula is C20H32N4O. The van der Waals surface area contributed by atoms with Crippen LogP contribution in [0.3, 0.4) is 0 Å². The Morgan fingerprint density at radius 3 is 2.52 bits per heavy atom. The first kappa shape index (κ1) is 19.3. The number of carbonyl (C=O) groups is 1. The molecule has 25 heavy (non-hydrogen) atoms. The fourth-order valence-electron chi connectivity index (χ4n) is 3.04. The molecule has 2 unspecified atom stereocenters. The number of likely N-dealkylation sites (N-methyl/N-ethyl adjacent to an activating group) is 1. The lowest BCUT2D eigenvalue weighted by molar-refractivity contribution is -0.127. The lowest BCUT2D eigenvalue weighted by Crippen LogP contribution is -2.49. The van der Waals surface area contributed by atoms with Gasteiger partial charge in [0.25, 0.3) is 0 Å². The van der Waals surface area contributed by atoms with Crippen molar-refractivity contribution < 1.29 is 4.79 Å². The van der Waals surface area contributed by atoms with Crippen LogP contribution in [-0.4, -0.2) is 43.4 Å². The average Bonchev–Trinajstić information content (AvgIpc) is 2.60. The van der Waals surface area contributed by atoms with Crippen LogP contribution in [0, 0.1) is 12.8 Å². The van der Waals surface area contributed by atoms with Crippen molar-refractivity contribution in [1.82, 2.24) is 15.5 Å². The predicted octanol–water partition coefficient (Wildman–Crippen LogP) is 2.70. The second kappa shape index (κ2) is 9.44. The fraction of sp³-hybridized carbons (Fsp3) is 0.600. The topological polar surface area (TPSA) is 56.7 Å². The quantitative estimate of drug-likeness (QED) is 0.638. The molecule has 0 radical (unpaired) electrons. The number of guanidine groups is 1. The van der Waals surface area contributed by atoms with Crippen molar-refractivity contribution in [2.45, 2.75) is 52.1 Å². The van der Waals surface area contributed by atoms with Gasteiger partial charge in [-0.15, -0.1) is 0 Å². The van der Waals surface area contributed by atoms with Gasteiger partial charge < -0.3 is 15.5 Å². The molecule has 0 spiro atoms. The summed E-state index contributed by atoms with van der Waals surface area (Å²) in [5.74, 6) is 1.40. The molecule has 0 bridgehead atoms. The fourth-order valence-corrected chi connectivity index (χ4v) is 3.04. The average molecular weight is 345 g/mol. The third-order valence-electron chi connectivity index (χ3n) is 4.88. The number of benzene rings is 1. The van der Waals surface area contributed by atoms with Gasteiger partial charge in [0.05, 0.1) is 13.1 Å². The van der Waals surface area contributed by atoms with Gasteiger partial charge >= 0.3 is 0 Å². The summed E-state index contributed by atoms with van der Waals surface area (Å²) >= 11 is 0. The maximum Gasteiger partial charge on any atom is 0.241 e. The van der Waals surface area contributed by atoms with Gasteiger partial charge in [0.1, 0.15) is 0 Å². The first-order valence-electron chi connectivity index (χ1n) is 9.26. The zero-order chi connectivity index (χ0) is 18.2. The molecule has 2 rings (SSSR count). The summed E-state index contributed by atoms with van der Waals surface area (Å²) in [7, 11) is 3.54. The van der Waals surface area contributed by atoms with Gasteiger partial charge in [0.2, 0.25) is 5.91 Å². The Morgan fingerprint density at radius 1 is 1.20 bits per heavy atom. The molecule has 1 aliphatic rings. The van der Waals surface area contributed by atoms with Gasteiger partial charge in [-0.05, 0) is 31.2 Å². The minimum atomic E-state index is 0.0431. The molecule has 1 aromatic carbocycles. The Labute approximate surface area is 151 Å². The van der Waals surface area contributed by atoms with Crippen LogP contribution in [0.25, 0.3) is 0 Å². The van der Waals surface area contributed by atoms with Gasteiger partial charge in [0.15, 0.2) is 5.96 Å². The second-order valence-corrected chi connectivity index (χ2v) is 7.30. The standard InChI is InChI=1S/C20H32N4O/c1-15-9-11-17(12-10-15)13-21-20(22-14-19(25)24(3)4)23-18-8-6-5-7-16(18)2/h9-12,16,18H,5-8,13-14H2,1-4H3,(H2,21,22,23). The molecule has 5 nitrogen and oxygen atoms in total. The summed E-state index contributed by atoms with van der Waals surface area (Å²) in [6.07, 6.45) is 4.97. The minimum Gasteiger partial charge on any atom is -0.353 e. The molecule has 0 saturated heterocycles. The predicted molar refractivity (Wildman–Crippen MR) is 104 cm³/mol. The Hall–Kier alpha value is -2.04. The van der Waals surface area contributed by atoms with E-state index >= 15 is 0 Å². The van der Waals surface area contributed by atoms with Crippen LogP contribution in [0.4, 0.5) is 0 Å². The van der Waals surface area contributed by atoms with Gasteiger partial charge in [-0.2, -0.15) is 0 Å². The SMILES string of the molecule is Cc1ccc(CN=C(NCC(=O)N(C)C)NC2CCCCC2C)cc1. The number of nitrogens with one attached hydrogen (secondary N) is 2. The van der Waals surface area contributed by atoms with Crippen molar-refractivity contribution in [1.29, 1.82) is 0 Å². The summed E-state index contributed by atoms with van der Waals surface area (Å²) in [5, 5.41) is 6.75. The molecule has 138 valence electrons. The van der Waals surface area contributed by atoms with Crippen LogP contribution in [-0.2, 0) is 11.3 Å². The highest BCUT2D eigenvalue weighted by Gasteiger charge is 2.22. The molecular weight excluding hydrogens is 312 g/mol. The smallest absolute Gasteiger partial charge is 0.241 e. The lowest BCUT2D eigenvalue weighted by atomic mass is 9.86. The minimum absolute atomic E-state index is 0.0431. The van der Waals surface area contributed by atoms with E-state index in [-0.39, 0.29) is 12.5 Å². The highest BCUT2D eigenvalue weighted by atomic mass is 16.2. The third-order valence-corrected chi connectivity index (χ3v) is 4.88. The Kier molecular flexibility index (Phi) is 7.29. The molecule has 5 heteroatoms. The second-order valence-electron chi connectivity index (χ2n) is 7.30. The van der Waals surface area contributed by atoms with Crippen LogP contribution in [0.1, 0.15) is 43.7 Å². The van der Waals surface area contributed by atoms with Crippen molar-refractivity contribution >= 4 is 11.9 Å². The summed E-state index contributed by atoms with van der Waals surface area (Å²) in [6, 6.07) is 8.83. The number of rotatable bonds is 5. The molecule has 2 atom stereocenters. The normalized spacial score (nSPS) is 20.9. The molecule has 0 aromatic heterocycles. The number of hydrogen-bond acceptors (Lipinski definition) is 2. The molecule has 2 N–H and O–H groups in total. The van der Waals surface area contributed by atoms with Gasteiger partial charge in [-0.1, -0.05) is 49.6 Å². The molecule has 1 fully saturated rings. The molecule has 1 amide bonds. The molecule has 1 aromatic rings. The number of amides is 1. The molecule has 1 saturated carbocycles. The Morgan fingerprint density at radius 2 is 1.88 bits per heavy atom. The first-order chi connectivity index (χ1) is 12.0. The summed E-state index contributed by atoms with van der Waals surface area (Å²) in [6.45, 7) is 5.24. The monoisotopic (exact) mass is 344 g/mol. The number of hydrogen-bond donors (Lipinski definition) is 2. The highest BCUT2D eigenvalue weighted by Crippen LogP contribution is 2.23. The van der Waals surface area contributed by atoms with E-state index in [1.807, 2.05) is 0 Å². The zero-order valence-corrected chi connectivity index (χ0v) is 16.0. The van der Waals surface area contributed by atoms with E-state index in [1.54, 1.807) is 19.0 Å². The van der Waals surface area contributed by atoms with Gasteiger partial charge in [0, 0.05) is 20.1 Å². The Bertz CT molecular complexity index is 580. The zero-order valence-electron chi connectivity index (χ0n) is 16.0. The summed E-state index contributed by atoms with van der Waals surface area (Å²) < 4.78 is 0. The van der Waals surface area contributed by atoms with Gasteiger partial charge in [-0.3, -0.25) is 4.79 Å². The van der Waals surface area contributed by atoms with Crippen molar-refractivity contribution in [2.24, 2.45) is 10.9 Å².